The van der Waals surface area contributed by atoms with Crippen molar-refractivity contribution >= 4 is 27.9 Å². The first-order valence-electron chi connectivity index (χ1n) is 6.85. The Balaban J connectivity index is 2.27. The van der Waals surface area contributed by atoms with Crippen molar-refractivity contribution in [2.75, 3.05) is 14.1 Å². The molecule has 2 heterocycles. The number of fused-ring (bicyclic) bond motifs is 1. The van der Waals surface area contributed by atoms with Crippen LogP contribution in [0.15, 0.2) is 45.6 Å². The van der Waals surface area contributed by atoms with Crippen LogP contribution in [0.4, 0.5) is 0 Å². The molecule has 1 aromatic carbocycles. The summed E-state index contributed by atoms with van der Waals surface area (Å²) in [5.74, 6) is 0.581. The van der Waals surface area contributed by atoms with Gasteiger partial charge in [0.25, 0.3) is 5.56 Å². The lowest BCUT2D eigenvalue weighted by Gasteiger charge is -2.07. The maximum atomic E-state index is 12.8. The number of nitrogens with zero attached hydrogens (tertiary/aromatic N) is 4. The summed E-state index contributed by atoms with van der Waals surface area (Å²) in [7, 11) is 3.71. The highest BCUT2D eigenvalue weighted by Crippen LogP contribution is 2.30. The van der Waals surface area contributed by atoms with E-state index >= 15 is 0 Å². The Morgan fingerprint density at radius 1 is 1.27 bits per heavy atom. The molecular weight excluding hydrogens is 296 g/mol. The van der Waals surface area contributed by atoms with E-state index in [9.17, 15) is 4.79 Å². The van der Waals surface area contributed by atoms with Gasteiger partial charge in [-0.1, -0.05) is 30.3 Å². The van der Waals surface area contributed by atoms with Crippen LogP contribution in [0.1, 0.15) is 5.82 Å². The van der Waals surface area contributed by atoms with E-state index in [4.69, 9.17) is 0 Å². The van der Waals surface area contributed by atoms with Gasteiger partial charge in [-0.3, -0.25) is 4.79 Å². The molecule has 2 aromatic heterocycles. The average molecular weight is 312 g/mol. The highest BCUT2D eigenvalue weighted by molar-refractivity contribution is 7.17. The van der Waals surface area contributed by atoms with Gasteiger partial charge in [0.2, 0.25) is 0 Å². The summed E-state index contributed by atoms with van der Waals surface area (Å²) in [6, 6.07) is 9.87. The number of hydrogen-bond donors (Lipinski definition) is 0. The molecule has 0 bridgehead atoms. The zero-order valence-electron chi connectivity index (χ0n) is 12.6. The summed E-state index contributed by atoms with van der Waals surface area (Å²) >= 11 is 1.48. The zero-order valence-corrected chi connectivity index (χ0v) is 13.5. The predicted octanol–water partition coefficient (Wildman–Crippen LogP) is 2.79. The van der Waals surface area contributed by atoms with Gasteiger partial charge in [0.15, 0.2) is 0 Å². The quantitative estimate of drug-likeness (QED) is 0.552. The van der Waals surface area contributed by atoms with Gasteiger partial charge in [-0.05, 0) is 12.5 Å². The molecule has 0 atom stereocenters. The highest BCUT2D eigenvalue weighted by atomic mass is 32.1. The Kier molecular flexibility index (Phi) is 3.77. The molecule has 3 aromatic rings. The van der Waals surface area contributed by atoms with E-state index in [1.54, 1.807) is 18.2 Å². The lowest BCUT2D eigenvalue weighted by atomic mass is 10.1. The smallest absolute Gasteiger partial charge is 0.283 e. The fourth-order valence-corrected chi connectivity index (χ4v) is 3.19. The van der Waals surface area contributed by atoms with Crippen LogP contribution in [0.2, 0.25) is 0 Å². The summed E-state index contributed by atoms with van der Waals surface area (Å²) in [6.07, 6.45) is 1.59. The minimum atomic E-state index is -0.138. The van der Waals surface area contributed by atoms with Crippen LogP contribution in [-0.4, -0.2) is 35.0 Å². The topological polar surface area (TPSA) is 50.5 Å². The summed E-state index contributed by atoms with van der Waals surface area (Å²) in [6.45, 7) is 1.79. The molecule has 0 unspecified atom stereocenters. The van der Waals surface area contributed by atoms with E-state index in [0.717, 1.165) is 16.0 Å². The first kappa shape index (κ1) is 14.5. The van der Waals surface area contributed by atoms with Gasteiger partial charge in [0, 0.05) is 25.0 Å². The maximum absolute atomic E-state index is 12.8. The lowest BCUT2D eigenvalue weighted by Crippen LogP contribution is -2.22. The minimum Gasteiger partial charge on any atom is -0.367 e. The molecule has 0 fully saturated rings. The maximum Gasteiger partial charge on any atom is 0.283 e. The van der Waals surface area contributed by atoms with Gasteiger partial charge in [-0.15, -0.1) is 11.3 Å². The third kappa shape index (κ3) is 2.53. The summed E-state index contributed by atoms with van der Waals surface area (Å²) in [5, 5.41) is 6.82. The number of aryl methyl sites for hydroxylation is 1. The molecule has 0 spiro atoms. The van der Waals surface area contributed by atoms with Crippen molar-refractivity contribution in [1.29, 1.82) is 0 Å². The molecule has 0 saturated heterocycles. The highest BCUT2D eigenvalue weighted by Gasteiger charge is 2.14. The number of benzene rings is 1. The van der Waals surface area contributed by atoms with Gasteiger partial charge < -0.3 is 4.90 Å². The second-order valence-corrected chi connectivity index (χ2v) is 6.02. The van der Waals surface area contributed by atoms with Crippen molar-refractivity contribution in [3.8, 4) is 11.1 Å². The van der Waals surface area contributed by atoms with Gasteiger partial charge in [-0.2, -0.15) is 9.78 Å². The number of thiophene rings is 1. The molecule has 6 heteroatoms. The van der Waals surface area contributed by atoms with E-state index in [2.05, 4.69) is 10.1 Å². The van der Waals surface area contributed by atoms with Crippen LogP contribution in [0.3, 0.4) is 0 Å². The fourth-order valence-electron chi connectivity index (χ4n) is 2.20. The van der Waals surface area contributed by atoms with E-state index in [-0.39, 0.29) is 5.56 Å². The summed E-state index contributed by atoms with van der Waals surface area (Å²) in [5.41, 5.74) is 1.78. The molecule has 0 aliphatic rings. The first-order chi connectivity index (χ1) is 10.6. The van der Waals surface area contributed by atoms with Gasteiger partial charge >= 0.3 is 0 Å². The molecule has 5 nitrogen and oxygen atoms in total. The number of rotatable bonds is 3. The summed E-state index contributed by atoms with van der Waals surface area (Å²) in [4.78, 5) is 19.9. The Labute approximate surface area is 132 Å². The average Bonchev–Trinajstić information content (AvgIpc) is 2.91. The SMILES string of the molecule is Cc1nc2scc(-c3ccccc3)c2c(=O)n1N=CN(C)C. The molecule has 0 radical (unpaired) electrons. The van der Waals surface area contributed by atoms with E-state index < -0.39 is 0 Å². The van der Waals surface area contributed by atoms with Gasteiger partial charge in [0.1, 0.15) is 17.0 Å². The molecule has 0 amide bonds. The van der Waals surface area contributed by atoms with Crippen LogP contribution in [0.25, 0.3) is 21.3 Å². The Hall–Kier alpha value is -2.47. The van der Waals surface area contributed by atoms with E-state index in [1.165, 1.54) is 16.0 Å². The monoisotopic (exact) mass is 312 g/mol. The van der Waals surface area contributed by atoms with Crippen molar-refractivity contribution in [1.82, 2.24) is 14.6 Å². The van der Waals surface area contributed by atoms with Crippen molar-refractivity contribution in [2.24, 2.45) is 5.10 Å². The fraction of sp³-hybridized carbons (Fsp3) is 0.188. The molecule has 0 aliphatic carbocycles. The Morgan fingerprint density at radius 2 is 2.00 bits per heavy atom. The van der Waals surface area contributed by atoms with Crippen LogP contribution in [0.5, 0.6) is 0 Å². The van der Waals surface area contributed by atoms with Crippen molar-refractivity contribution in [3.05, 3.63) is 51.9 Å². The molecule has 22 heavy (non-hydrogen) atoms. The molecule has 112 valence electrons. The third-order valence-electron chi connectivity index (χ3n) is 3.23. The van der Waals surface area contributed by atoms with Crippen LogP contribution >= 0.6 is 11.3 Å². The van der Waals surface area contributed by atoms with Crippen molar-refractivity contribution in [2.45, 2.75) is 6.92 Å². The molecular formula is C16H16N4OS. The molecule has 3 rings (SSSR count). The van der Waals surface area contributed by atoms with Crippen LogP contribution < -0.4 is 5.56 Å². The number of aromatic nitrogens is 2. The Bertz CT molecular complexity index is 894. The lowest BCUT2D eigenvalue weighted by molar-refractivity contribution is 0.626. The first-order valence-corrected chi connectivity index (χ1v) is 7.73. The minimum absolute atomic E-state index is 0.138. The van der Waals surface area contributed by atoms with Gasteiger partial charge in [-0.25, -0.2) is 4.98 Å². The van der Waals surface area contributed by atoms with E-state index in [1.807, 2.05) is 49.8 Å². The normalized spacial score (nSPS) is 11.4. The van der Waals surface area contributed by atoms with Crippen LogP contribution in [-0.2, 0) is 0 Å². The van der Waals surface area contributed by atoms with Crippen molar-refractivity contribution < 1.29 is 0 Å². The van der Waals surface area contributed by atoms with E-state index in [0.29, 0.717) is 11.2 Å². The van der Waals surface area contributed by atoms with Crippen LogP contribution in [0, 0.1) is 6.92 Å². The zero-order chi connectivity index (χ0) is 15.7. The largest absolute Gasteiger partial charge is 0.367 e. The number of hydrogen-bond acceptors (Lipinski definition) is 4. The Morgan fingerprint density at radius 3 is 2.68 bits per heavy atom. The van der Waals surface area contributed by atoms with Crippen molar-refractivity contribution in [3.63, 3.8) is 0 Å². The summed E-state index contributed by atoms with van der Waals surface area (Å²) < 4.78 is 1.35. The predicted molar refractivity (Wildman–Crippen MR) is 91.6 cm³/mol. The molecule has 0 saturated carbocycles. The molecule has 0 aliphatic heterocycles. The second kappa shape index (κ2) is 5.73. The third-order valence-corrected chi connectivity index (χ3v) is 4.10. The second-order valence-electron chi connectivity index (χ2n) is 5.17. The van der Waals surface area contributed by atoms with Gasteiger partial charge in [0.05, 0.1) is 5.39 Å². The standard InChI is InChI=1S/C16H16N4OS/c1-11-18-15-14(16(21)20(11)17-10-19(2)3)13(9-22-15)12-7-5-4-6-8-12/h4-10H,1-3H3. The molecule has 0 N–H and O–H groups in total.